The van der Waals surface area contributed by atoms with E-state index in [1.165, 1.54) is 0 Å². The predicted molar refractivity (Wildman–Crippen MR) is 70.1 cm³/mol. The van der Waals surface area contributed by atoms with Crippen LogP contribution >= 0.6 is 11.6 Å². The zero-order chi connectivity index (χ0) is 12.4. The maximum atomic E-state index is 7.39. The first-order valence-corrected chi connectivity index (χ1v) is 5.95. The average molecular weight is 254 g/mol. The maximum absolute atomic E-state index is 7.39. The second-order valence-electron chi connectivity index (χ2n) is 4.20. The Kier molecular flexibility index (Phi) is 3.54. The van der Waals surface area contributed by atoms with Crippen molar-refractivity contribution in [1.29, 1.82) is 5.41 Å². The molecule has 0 aromatic heterocycles. The van der Waals surface area contributed by atoms with Gasteiger partial charge >= 0.3 is 0 Å². The van der Waals surface area contributed by atoms with E-state index in [0.29, 0.717) is 16.6 Å². The highest BCUT2D eigenvalue weighted by Gasteiger charge is 2.19. The minimum Gasteiger partial charge on any atom is -0.384 e. The molecule has 1 fully saturated rings. The van der Waals surface area contributed by atoms with Gasteiger partial charge in [0, 0.05) is 23.8 Å². The number of amidine groups is 1. The molecule has 1 heterocycles. The lowest BCUT2D eigenvalue weighted by Crippen LogP contribution is -2.43. The number of ether oxygens (including phenoxy) is 1. The molecule has 0 radical (unpaired) electrons. The van der Waals surface area contributed by atoms with Gasteiger partial charge in [0.2, 0.25) is 0 Å². The van der Waals surface area contributed by atoms with Crippen LogP contribution in [0.25, 0.3) is 0 Å². The summed E-state index contributed by atoms with van der Waals surface area (Å²) in [6.45, 7) is 4.44. The Hall–Kier alpha value is -1.26. The quantitative estimate of drug-likeness (QED) is 0.625. The minimum atomic E-state index is -0.00317. The second kappa shape index (κ2) is 4.94. The van der Waals surface area contributed by atoms with Crippen molar-refractivity contribution < 1.29 is 4.74 Å². The molecule has 1 unspecified atom stereocenters. The lowest BCUT2D eigenvalue weighted by atomic mass is 10.1. The highest BCUT2D eigenvalue weighted by molar-refractivity contribution is 6.34. The van der Waals surface area contributed by atoms with Crippen molar-refractivity contribution in [3.8, 4) is 0 Å². The number of nitrogen functional groups attached to an aromatic ring is 1. The standard InChI is InChI=1S/C12H16ClN3O/c1-8-7-17-5-4-16(8)9-2-3-10(12(14)15)11(13)6-9/h2-3,6,8H,4-5,7H2,1H3,(H3,14,15). The Balaban J connectivity index is 2.27. The summed E-state index contributed by atoms with van der Waals surface area (Å²) in [5, 5.41) is 7.91. The van der Waals surface area contributed by atoms with Crippen LogP contribution in [0.4, 0.5) is 5.69 Å². The number of nitrogens with zero attached hydrogens (tertiary/aromatic N) is 1. The summed E-state index contributed by atoms with van der Waals surface area (Å²) in [5.41, 5.74) is 7.07. The highest BCUT2D eigenvalue weighted by atomic mass is 35.5. The van der Waals surface area contributed by atoms with Gasteiger partial charge in [-0.05, 0) is 25.1 Å². The van der Waals surface area contributed by atoms with Crippen LogP contribution in [0.5, 0.6) is 0 Å². The molecular formula is C12H16ClN3O. The molecule has 0 spiro atoms. The van der Waals surface area contributed by atoms with Crippen LogP contribution in [0.2, 0.25) is 5.02 Å². The van der Waals surface area contributed by atoms with E-state index in [4.69, 9.17) is 27.5 Å². The van der Waals surface area contributed by atoms with Gasteiger partial charge in [-0.2, -0.15) is 0 Å². The number of hydrogen-bond acceptors (Lipinski definition) is 3. The summed E-state index contributed by atoms with van der Waals surface area (Å²) in [4.78, 5) is 2.25. The third kappa shape index (κ3) is 2.53. The van der Waals surface area contributed by atoms with Gasteiger partial charge in [-0.3, -0.25) is 5.41 Å². The lowest BCUT2D eigenvalue weighted by molar-refractivity contribution is 0.0989. The van der Waals surface area contributed by atoms with Crippen LogP contribution < -0.4 is 10.6 Å². The Morgan fingerprint density at radius 3 is 2.94 bits per heavy atom. The molecule has 1 saturated heterocycles. The van der Waals surface area contributed by atoms with Crippen LogP contribution in [0.1, 0.15) is 12.5 Å². The molecule has 0 saturated carbocycles. The SMILES string of the molecule is CC1COCCN1c1ccc(C(=N)N)c(Cl)c1. The molecule has 2 rings (SSSR count). The molecule has 1 aliphatic rings. The number of morpholine rings is 1. The molecular weight excluding hydrogens is 238 g/mol. The third-order valence-electron chi connectivity index (χ3n) is 2.94. The van der Waals surface area contributed by atoms with Gasteiger partial charge in [0.15, 0.2) is 0 Å². The molecule has 3 N–H and O–H groups in total. The highest BCUT2D eigenvalue weighted by Crippen LogP contribution is 2.25. The number of benzene rings is 1. The Labute approximate surface area is 106 Å². The van der Waals surface area contributed by atoms with E-state index < -0.39 is 0 Å². The predicted octanol–water partition coefficient (Wildman–Crippen LogP) is 1.85. The fourth-order valence-corrected chi connectivity index (χ4v) is 2.29. The van der Waals surface area contributed by atoms with Crippen molar-refractivity contribution >= 4 is 23.1 Å². The van der Waals surface area contributed by atoms with Crippen LogP contribution in [-0.2, 0) is 4.74 Å². The Morgan fingerprint density at radius 2 is 2.35 bits per heavy atom. The van der Waals surface area contributed by atoms with Gasteiger partial charge in [0.1, 0.15) is 5.84 Å². The molecule has 1 aliphatic heterocycles. The van der Waals surface area contributed by atoms with Crippen molar-refractivity contribution in [3.05, 3.63) is 28.8 Å². The molecule has 4 nitrogen and oxygen atoms in total. The molecule has 0 bridgehead atoms. The zero-order valence-electron chi connectivity index (χ0n) is 9.74. The number of hydrogen-bond donors (Lipinski definition) is 2. The number of nitrogens with two attached hydrogens (primary N) is 1. The fraction of sp³-hybridized carbons (Fsp3) is 0.417. The monoisotopic (exact) mass is 253 g/mol. The van der Waals surface area contributed by atoms with E-state index in [9.17, 15) is 0 Å². The third-order valence-corrected chi connectivity index (χ3v) is 3.25. The number of anilines is 1. The molecule has 1 atom stereocenters. The summed E-state index contributed by atoms with van der Waals surface area (Å²) < 4.78 is 5.40. The minimum absolute atomic E-state index is 0.00317. The first-order chi connectivity index (χ1) is 8.09. The fourth-order valence-electron chi connectivity index (χ4n) is 2.01. The molecule has 1 aromatic rings. The molecule has 0 amide bonds. The van der Waals surface area contributed by atoms with E-state index in [1.54, 1.807) is 6.07 Å². The summed E-state index contributed by atoms with van der Waals surface area (Å²) in [6, 6.07) is 5.94. The second-order valence-corrected chi connectivity index (χ2v) is 4.60. The van der Waals surface area contributed by atoms with Crippen molar-refractivity contribution in [2.45, 2.75) is 13.0 Å². The first kappa shape index (κ1) is 12.2. The number of nitrogens with one attached hydrogen (secondary N) is 1. The van der Waals surface area contributed by atoms with Gasteiger partial charge in [-0.1, -0.05) is 11.6 Å². The molecule has 5 heteroatoms. The zero-order valence-corrected chi connectivity index (χ0v) is 10.5. The Bertz CT molecular complexity index is 436. The molecule has 1 aromatic carbocycles. The van der Waals surface area contributed by atoms with Gasteiger partial charge in [0.25, 0.3) is 0 Å². The summed E-state index contributed by atoms with van der Waals surface area (Å²) in [7, 11) is 0. The summed E-state index contributed by atoms with van der Waals surface area (Å²) in [5.74, 6) is -0.00317. The van der Waals surface area contributed by atoms with Crippen LogP contribution in [0.3, 0.4) is 0 Å². The van der Waals surface area contributed by atoms with E-state index in [-0.39, 0.29) is 5.84 Å². The normalized spacial score (nSPS) is 20.4. The van der Waals surface area contributed by atoms with Crippen molar-refractivity contribution in [3.63, 3.8) is 0 Å². The molecule has 0 aliphatic carbocycles. The topological polar surface area (TPSA) is 62.3 Å². The van der Waals surface area contributed by atoms with E-state index in [1.807, 2.05) is 12.1 Å². The average Bonchev–Trinajstić information content (AvgIpc) is 2.29. The molecule has 92 valence electrons. The maximum Gasteiger partial charge on any atom is 0.124 e. The van der Waals surface area contributed by atoms with Crippen LogP contribution in [0.15, 0.2) is 18.2 Å². The van der Waals surface area contributed by atoms with Crippen LogP contribution in [-0.4, -0.2) is 31.6 Å². The van der Waals surface area contributed by atoms with Gasteiger partial charge in [-0.25, -0.2) is 0 Å². The Morgan fingerprint density at radius 1 is 1.59 bits per heavy atom. The van der Waals surface area contributed by atoms with Gasteiger partial charge < -0.3 is 15.4 Å². The molecule has 17 heavy (non-hydrogen) atoms. The lowest BCUT2D eigenvalue weighted by Gasteiger charge is -2.35. The summed E-state index contributed by atoms with van der Waals surface area (Å²) in [6.07, 6.45) is 0. The summed E-state index contributed by atoms with van der Waals surface area (Å²) >= 11 is 6.11. The van der Waals surface area contributed by atoms with Crippen molar-refractivity contribution in [2.24, 2.45) is 5.73 Å². The number of rotatable bonds is 2. The van der Waals surface area contributed by atoms with Crippen LogP contribution in [0, 0.1) is 5.41 Å². The van der Waals surface area contributed by atoms with Crippen molar-refractivity contribution in [1.82, 2.24) is 0 Å². The smallest absolute Gasteiger partial charge is 0.124 e. The van der Waals surface area contributed by atoms with Gasteiger partial charge in [0.05, 0.1) is 18.2 Å². The van der Waals surface area contributed by atoms with E-state index >= 15 is 0 Å². The van der Waals surface area contributed by atoms with Gasteiger partial charge in [-0.15, -0.1) is 0 Å². The first-order valence-electron chi connectivity index (χ1n) is 5.58. The van der Waals surface area contributed by atoms with E-state index in [0.717, 1.165) is 25.4 Å². The van der Waals surface area contributed by atoms with E-state index in [2.05, 4.69) is 11.8 Å². The van der Waals surface area contributed by atoms with Crippen molar-refractivity contribution in [2.75, 3.05) is 24.7 Å². The number of halogens is 1. The largest absolute Gasteiger partial charge is 0.384 e.